The van der Waals surface area contributed by atoms with E-state index in [1.54, 1.807) is 12.2 Å². The maximum atomic E-state index is 13.5. The molecule has 4 rings (SSSR count). The Hall–Kier alpha value is -1.52. The second-order valence-corrected chi connectivity index (χ2v) is 16.5. The van der Waals surface area contributed by atoms with Crippen molar-refractivity contribution in [1.82, 2.24) is 4.90 Å². The smallest absolute Gasteiger partial charge is 0.306 e. The van der Waals surface area contributed by atoms with Gasteiger partial charge in [0.2, 0.25) is 5.78 Å². The summed E-state index contributed by atoms with van der Waals surface area (Å²) in [6.07, 6.45) is 6.79. The third-order valence-electron chi connectivity index (χ3n) is 11.9. The molecule has 0 radical (unpaired) electrons. The van der Waals surface area contributed by atoms with Crippen molar-refractivity contribution >= 4 is 28.7 Å². The first kappa shape index (κ1) is 35.3. The summed E-state index contributed by atoms with van der Waals surface area (Å²) < 4.78 is 17.8. The summed E-state index contributed by atoms with van der Waals surface area (Å²) in [5.74, 6) is 0.219. The van der Waals surface area contributed by atoms with Gasteiger partial charge in [0.15, 0.2) is 12.4 Å². The topological polar surface area (TPSA) is 127 Å². The molecule has 0 aliphatic heterocycles. The number of allylic oxidation sites excluding steroid dienone is 4. The lowest BCUT2D eigenvalue weighted by Gasteiger charge is -2.60. The number of carbonyl (C=O) groups excluding carboxylic acids is 3. The van der Waals surface area contributed by atoms with E-state index in [9.17, 15) is 29.1 Å². The van der Waals surface area contributed by atoms with Gasteiger partial charge in [-0.2, -0.15) is 0 Å². The Morgan fingerprint density at radius 2 is 1.80 bits per heavy atom. The van der Waals surface area contributed by atoms with Gasteiger partial charge in [0.25, 0.3) is 0 Å². The van der Waals surface area contributed by atoms with Crippen LogP contribution in [0.25, 0.3) is 0 Å². The molecular weight excluding hydrogens is 578 g/mol. The normalized spacial score (nSPS) is 35.6. The maximum absolute atomic E-state index is 13.5. The zero-order valence-electron chi connectivity index (χ0n) is 27.9. The van der Waals surface area contributed by atoms with Crippen LogP contribution in [-0.4, -0.2) is 85.6 Å². The van der Waals surface area contributed by atoms with Crippen LogP contribution in [0.3, 0.4) is 0 Å². The molecule has 248 valence electrons. The van der Waals surface area contributed by atoms with Crippen LogP contribution in [0.15, 0.2) is 23.3 Å². The lowest BCUT2D eigenvalue weighted by molar-refractivity contribution is -0.181. The maximum Gasteiger partial charge on any atom is 0.306 e. The van der Waals surface area contributed by atoms with Gasteiger partial charge in [-0.25, -0.2) is 0 Å². The Kier molecular flexibility index (Phi) is 11.0. The number of hydrogen-bond donors (Lipinski definition) is 2. The molecule has 3 saturated carbocycles. The van der Waals surface area contributed by atoms with E-state index in [1.165, 1.54) is 0 Å². The zero-order valence-corrected chi connectivity index (χ0v) is 28.7. The van der Waals surface area contributed by atoms with Gasteiger partial charge in [-0.15, -0.1) is 0 Å². The number of ether oxygens (including phenoxy) is 1. The van der Waals surface area contributed by atoms with Crippen LogP contribution in [0, 0.1) is 28.6 Å². The Bertz CT molecular complexity index is 1160. The van der Waals surface area contributed by atoms with Crippen LogP contribution in [0.5, 0.6) is 0 Å². The predicted molar refractivity (Wildman–Crippen MR) is 172 cm³/mol. The van der Waals surface area contributed by atoms with Crippen molar-refractivity contribution in [2.75, 3.05) is 24.7 Å². The highest BCUT2D eigenvalue weighted by atomic mass is 32.2. The molecule has 0 aromatic carbocycles. The second-order valence-electron chi connectivity index (χ2n) is 14.8. The van der Waals surface area contributed by atoms with Crippen LogP contribution in [0.1, 0.15) is 99.8 Å². The van der Waals surface area contributed by atoms with Gasteiger partial charge in [0.1, 0.15) is 17.1 Å². The third kappa shape index (κ3) is 6.51. The summed E-state index contributed by atoms with van der Waals surface area (Å²) in [7, 11) is 0. The summed E-state index contributed by atoms with van der Waals surface area (Å²) in [6.45, 7) is 14.9. The molecule has 0 heterocycles. The van der Waals surface area contributed by atoms with Crippen molar-refractivity contribution in [1.29, 1.82) is 0 Å². The standard InChI is InChI=1S/C35H55NO7S/c1-22(2)36(23(3)4)15-17-44(42)16-9-8-10-31(40)43-21-30(39)35(41)14-13-28-27-12-11-25-19-26(37)18-24(5)34(25,7)32(27)29(38)20-33(28,35)6/h18-19,22-23,27-29,32,38,41H,8-17,20-21H2,1-7H3/t27-,28-,29?,32+,33-,34-,35-,44?/m0/s1. The highest BCUT2D eigenvalue weighted by Gasteiger charge is 2.68. The minimum atomic E-state index is -1.68. The third-order valence-corrected chi connectivity index (χ3v) is 13.3. The quantitative estimate of drug-likeness (QED) is 0.172. The number of carbonyl (C=O) groups is 3. The van der Waals surface area contributed by atoms with E-state index in [0.717, 1.165) is 30.5 Å². The number of hydrogen-bond acceptors (Lipinski definition) is 8. The lowest BCUT2D eigenvalue weighted by Crippen LogP contribution is -2.62. The average Bonchev–Trinajstić information content (AvgIpc) is 3.20. The number of fused-ring (bicyclic) bond motifs is 5. The minimum Gasteiger partial charge on any atom is -0.616 e. The van der Waals surface area contributed by atoms with E-state index in [0.29, 0.717) is 42.9 Å². The number of unbranched alkanes of at least 4 members (excludes halogenated alkanes) is 1. The zero-order chi connectivity index (χ0) is 32.6. The fourth-order valence-corrected chi connectivity index (χ4v) is 10.6. The molecular formula is C35H55NO7S. The van der Waals surface area contributed by atoms with E-state index >= 15 is 0 Å². The Morgan fingerprint density at radius 3 is 2.45 bits per heavy atom. The van der Waals surface area contributed by atoms with E-state index in [1.807, 2.05) is 13.8 Å². The van der Waals surface area contributed by atoms with Gasteiger partial charge in [-0.3, -0.25) is 19.3 Å². The first-order chi connectivity index (χ1) is 20.6. The summed E-state index contributed by atoms with van der Waals surface area (Å²) in [6, 6.07) is 0.793. The molecule has 4 aliphatic carbocycles. The molecule has 4 aliphatic rings. The molecule has 0 bridgehead atoms. The van der Waals surface area contributed by atoms with E-state index < -0.39 is 52.1 Å². The minimum absolute atomic E-state index is 0.00387. The van der Waals surface area contributed by atoms with Crippen molar-refractivity contribution in [2.45, 2.75) is 124 Å². The van der Waals surface area contributed by atoms with E-state index in [2.05, 4.69) is 39.5 Å². The van der Waals surface area contributed by atoms with Gasteiger partial charge in [0.05, 0.1) is 6.10 Å². The first-order valence-electron chi connectivity index (χ1n) is 16.7. The molecule has 2 unspecified atom stereocenters. The molecule has 0 saturated heterocycles. The van der Waals surface area contributed by atoms with Crippen molar-refractivity contribution in [3.05, 3.63) is 23.3 Å². The molecule has 44 heavy (non-hydrogen) atoms. The largest absolute Gasteiger partial charge is 0.616 e. The molecule has 0 spiro atoms. The second kappa shape index (κ2) is 13.7. The van der Waals surface area contributed by atoms with Crippen LogP contribution < -0.4 is 0 Å². The van der Waals surface area contributed by atoms with Crippen molar-refractivity contribution in [2.24, 2.45) is 28.6 Å². The number of aliphatic hydroxyl groups excluding tert-OH is 1. The molecule has 3 fully saturated rings. The van der Waals surface area contributed by atoms with Crippen molar-refractivity contribution in [3.63, 3.8) is 0 Å². The lowest BCUT2D eigenvalue weighted by atomic mass is 9.45. The van der Waals surface area contributed by atoms with Gasteiger partial charge < -0.3 is 19.5 Å². The Balaban J connectivity index is 1.29. The Morgan fingerprint density at radius 1 is 1.11 bits per heavy atom. The number of ketones is 2. The van der Waals surface area contributed by atoms with E-state index in [-0.39, 0.29) is 42.8 Å². The fraction of sp³-hybridized carbons (Fsp3) is 0.800. The first-order valence-corrected chi connectivity index (χ1v) is 18.2. The van der Waals surface area contributed by atoms with Gasteiger partial charge in [-0.05, 0) is 104 Å². The highest BCUT2D eigenvalue weighted by molar-refractivity contribution is 7.91. The molecule has 2 N–H and O–H groups in total. The molecule has 8 nitrogen and oxygen atoms in total. The van der Waals surface area contributed by atoms with Crippen LogP contribution in [-0.2, 0) is 30.3 Å². The van der Waals surface area contributed by atoms with Crippen LogP contribution in [0.4, 0.5) is 0 Å². The Labute approximate surface area is 267 Å². The molecule has 0 aromatic rings. The summed E-state index contributed by atoms with van der Waals surface area (Å²) in [4.78, 5) is 40.6. The van der Waals surface area contributed by atoms with Crippen molar-refractivity contribution < 1.29 is 33.9 Å². The van der Waals surface area contributed by atoms with Crippen molar-refractivity contribution in [3.8, 4) is 0 Å². The number of rotatable bonds is 13. The van der Waals surface area contributed by atoms with Gasteiger partial charge in [-0.1, -0.05) is 36.2 Å². The molecule has 0 amide bonds. The molecule has 9 heteroatoms. The predicted octanol–water partition coefficient (Wildman–Crippen LogP) is 4.54. The number of aliphatic hydroxyl groups is 2. The van der Waals surface area contributed by atoms with Crippen LogP contribution in [0.2, 0.25) is 0 Å². The fourth-order valence-electron chi connectivity index (χ4n) is 9.43. The highest BCUT2D eigenvalue weighted by Crippen LogP contribution is 2.68. The van der Waals surface area contributed by atoms with Crippen LogP contribution >= 0.6 is 0 Å². The summed E-state index contributed by atoms with van der Waals surface area (Å²) in [5, 5.41) is 23.5. The number of Topliss-reactive ketones (excluding diaryl/α,β-unsaturated/α-hetero) is 1. The molecule has 0 aromatic heterocycles. The summed E-state index contributed by atoms with van der Waals surface area (Å²) >= 11 is -0.953. The monoisotopic (exact) mass is 633 g/mol. The summed E-state index contributed by atoms with van der Waals surface area (Å²) in [5.41, 5.74) is -0.860. The average molecular weight is 634 g/mol. The number of nitrogens with zero attached hydrogens (tertiary/aromatic N) is 1. The number of esters is 1. The molecule has 8 atom stereocenters. The SMILES string of the molecule is CC1=CC(=O)C=C2CC[C@@H]3[C@H](C(O)C[C@@]4(C)[C@H]3CC[C@]4(O)C(=O)COC(=O)CCCC[S+]([O-])CCN(C(C)C)C(C)C)[C@@]12C. The van der Waals surface area contributed by atoms with E-state index in [4.69, 9.17) is 4.74 Å². The van der Waals surface area contributed by atoms with Gasteiger partial charge >= 0.3 is 5.97 Å². The van der Waals surface area contributed by atoms with Gasteiger partial charge in [0, 0.05) is 41.8 Å².